The number of nitrogens with zero attached hydrogens (tertiary/aromatic N) is 5. The van der Waals surface area contributed by atoms with Crippen LogP contribution < -0.4 is 5.32 Å². The standard InChI is InChI=1S/C21H18F4N6O3S/c1-12-6-18(31(12)35(33,34)16-4-2-14(22)3-5-16)19(32)26-10-15-7-17(30-11-29-15)13-8-27-20(28-9-13)21(23,24)25/h2-5,7-9,11-12,18H,6,10H2,1H3,(H,26,32)/t12-,18-/m0/s1. The summed E-state index contributed by atoms with van der Waals surface area (Å²) in [7, 11) is -4.02. The van der Waals surface area contributed by atoms with Crippen LogP contribution >= 0.6 is 0 Å². The minimum Gasteiger partial charge on any atom is -0.349 e. The summed E-state index contributed by atoms with van der Waals surface area (Å²) in [4.78, 5) is 27.2. The van der Waals surface area contributed by atoms with Crippen LogP contribution in [-0.4, -0.2) is 50.6 Å². The van der Waals surface area contributed by atoms with Crippen LogP contribution in [0, 0.1) is 5.82 Å². The fourth-order valence-corrected chi connectivity index (χ4v) is 5.41. The molecule has 1 amide bonds. The lowest BCUT2D eigenvalue weighted by atomic mass is 9.98. The van der Waals surface area contributed by atoms with Crippen molar-refractivity contribution in [1.29, 1.82) is 0 Å². The molecule has 1 fully saturated rings. The molecule has 184 valence electrons. The van der Waals surface area contributed by atoms with Crippen LogP contribution in [0.3, 0.4) is 0 Å². The van der Waals surface area contributed by atoms with Gasteiger partial charge in [-0.2, -0.15) is 17.5 Å². The van der Waals surface area contributed by atoms with E-state index in [4.69, 9.17) is 0 Å². The maximum Gasteiger partial charge on any atom is 0.451 e. The Morgan fingerprint density at radius 1 is 1.11 bits per heavy atom. The van der Waals surface area contributed by atoms with Crippen LogP contribution in [0.25, 0.3) is 11.3 Å². The molecule has 2 aromatic heterocycles. The van der Waals surface area contributed by atoms with Crippen molar-refractivity contribution >= 4 is 15.9 Å². The molecule has 14 heteroatoms. The summed E-state index contributed by atoms with van der Waals surface area (Å²) in [5.41, 5.74) is 0.802. The van der Waals surface area contributed by atoms with Crippen molar-refractivity contribution < 1.29 is 30.8 Å². The van der Waals surface area contributed by atoms with Gasteiger partial charge in [-0.15, -0.1) is 0 Å². The van der Waals surface area contributed by atoms with Crippen LogP contribution in [0.4, 0.5) is 17.6 Å². The minimum atomic E-state index is -4.67. The normalized spacial score (nSPS) is 18.7. The maximum absolute atomic E-state index is 13.2. The number of alkyl halides is 3. The lowest BCUT2D eigenvalue weighted by Crippen LogP contribution is -2.62. The van der Waals surface area contributed by atoms with E-state index in [1.807, 2.05) is 0 Å². The second kappa shape index (κ2) is 9.26. The molecule has 9 nitrogen and oxygen atoms in total. The highest BCUT2D eigenvalue weighted by molar-refractivity contribution is 7.89. The van der Waals surface area contributed by atoms with Gasteiger partial charge in [-0.3, -0.25) is 4.79 Å². The lowest BCUT2D eigenvalue weighted by molar-refractivity contribution is -0.145. The van der Waals surface area contributed by atoms with Crippen molar-refractivity contribution in [3.63, 3.8) is 0 Å². The maximum atomic E-state index is 13.2. The number of nitrogens with one attached hydrogen (secondary N) is 1. The van der Waals surface area contributed by atoms with Crippen LogP contribution in [0.2, 0.25) is 0 Å². The molecule has 1 aliphatic heterocycles. The first-order valence-corrected chi connectivity index (χ1v) is 11.7. The van der Waals surface area contributed by atoms with E-state index < -0.39 is 45.8 Å². The van der Waals surface area contributed by atoms with Crippen LogP contribution in [0.5, 0.6) is 0 Å². The molecule has 0 radical (unpaired) electrons. The zero-order chi connectivity index (χ0) is 25.4. The third-order valence-corrected chi connectivity index (χ3v) is 7.40. The van der Waals surface area contributed by atoms with Crippen LogP contribution in [0.1, 0.15) is 24.9 Å². The van der Waals surface area contributed by atoms with Crippen molar-refractivity contribution in [3.8, 4) is 11.3 Å². The average Bonchev–Trinajstić information content (AvgIpc) is 2.80. The largest absolute Gasteiger partial charge is 0.451 e. The Balaban J connectivity index is 1.44. The van der Waals surface area contributed by atoms with Gasteiger partial charge in [-0.25, -0.2) is 32.7 Å². The van der Waals surface area contributed by atoms with Crippen molar-refractivity contribution in [1.82, 2.24) is 29.6 Å². The number of sulfonamides is 1. The number of rotatable bonds is 6. The Morgan fingerprint density at radius 2 is 1.77 bits per heavy atom. The third-order valence-electron chi connectivity index (χ3n) is 5.37. The van der Waals surface area contributed by atoms with Crippen molar-refractivity contribution in [2.24, 2.45) is 0 Å². The summed E-state index contributed by atoms with van der Waals surface area (Å²) < 4.78 is 78.1. The summed E-state index contributed by atoms with van der Waals surface area (Å²) in [6, 6.07) is 4.40. The SMILES string of the molecule is C[C@H]1C[C@@H](C(=O)NCc2cc(-c3cnc(C(F)(F)F)nc3)ncn2)N1S(=O)(=O)c1ccc(F)cc1. The van der Waals surface area contributed by atoms with Gasteiger partial charge in [-0.05, 0) is 43.7 Å². The predicted molar refractivity (Wildman–Crippen MR) is 113 cm³/mol. The number of carbonyl (C=O) groups is 1. The molecule has 0 spiro atoms. The van der Waals surface area contributed by atoms with Crippen molar-refractivity contribution in [2.45, 2.75) is 43.0 Å². The number of carbonyl (C=O) groups excluding carboxylic acids is 1. The summed E-state index contributed by atoms with van der Waals surface area (Å²) in [6.45, 7) is 1.58. The summed E-state index contributed by atoms with van der Waals surface area (Å²) in [6.07, 6.45) is -1.24. The highest BCUT2D eigenvalue weighted by atomic mass is 32.2. The zero-order valence-electron chi connectivity index (χ0n) is 18.1. The molecule has 2 atom stereocenters. The zero-order valence-corrected chi connectivity index (χ0v) is 18.9. The number of hydrogen-bond acceptors (Lipinski definition) is 7. The molecular formula is C21H18F4N6O3S. The van der Waals surface area contributed by atoms with Gasteiger partial charge in [0.2, 0.25) is 21.8 Å². The highest BCUT2D eigenvalue weighted by Gasteiger charge is 2.48. The summed E-state index contributed by atoms with van der Waals surface area (Å²) in [5.74, 6) is -2.41. The smallest absolute Gasteiger partial charge is 0.349 e. The average molecular weight is 510 g/mol. The number of benzene rings is 1. The molecular weight excluding hydrogens is 492 g/mol. The first kappa shape index (κ1) is 24.6. The van der Waals surface area contributed by atoms with E-state index in [0.717, 1.165) is 41.0 Å². The van der Waals surface area contributed by atoms with Gasteiger partial charge in [0.15, 0.2) is 0 Å². The van der Waals surface area contributed by atoms with E-state index >= 15 is 0 Å². The topological polar surface area (TPSA) is 118 Å². The lowest BCUT2D eigenvalue weighted by Gasteiger charge is -2.44. The van der Waals surface area contributed by atoms with E-state index in [1.165, 1.54) is 12.4 Å². The van der Waals surface area contributed by atoms with Gasteiger partial charge in [0.25, 0.3) is 0 Å². The first-order chi connectivity index (χ1) is 16.5. The summed E-state index contributed by atoms with van der Waals surface area (Å²) >= 11 is 0. The molecule has 1 N–H and O–H groups in total. The molecule has 1 aliphatic rings. The molecule has 0 aliphatic carbocycles. The van der Waals surface area contributed by atoms with E-state index in [9.17, 15) is 30.8 Å². The van der Waals surface area contributed by atoms with E-state index in [1.54, 1.807) is 6.92 Å². The number of hydrogen-bond donors (Lipinski definition) is 1. The van der Waals surface area contributed by atoms with Gasteiger partial charge in [0.1, 0.15) is 18.2 Å². The Hall–Kier alpha value is -3.52. The van der Waals surface area contributed by atoms with E-state index in [0.29, 0.717) is 12.1 Å². The Kier molecular flexibility index (Phi) is 6.51. The van der Waals surface area contributed by atoms with Crippen LogP contribution in [0.15, 0.2) is 53.9 Å². The Bertz CT molecular complexity index is 1330. The number of halogens is 4. The fourth-order valence-electron chi connectivity index (χ4n) is 3.61. The number of amides is 1. The van der Waals surface area contributed by atoms with Gasteiger partial charge in [-0.1, -0.05) is 0 Å². The van der Waals surface area contributed by atoms with Gasteiger partial charge in [0, 0.05) is 24.0 Å². The summed E-state index contributed by atoms with van der Waals surface area (Å²) in [5, 5.41) is 2.62. The Morgan fingerprint density at radius 3 is 2.37 bits per heavy atom. The first-order valence-electron chi connectivity index (χ1n) is 10.2. The van der Waals surface area contributed by atoms with Gasteiger partial charge in [0.05, 0.1) is 22.8 Å². The van der Waals surface area contributed by atoms with E-state index in [2.05, 4.69) is 25.3 Å². The molecule has 1 saturated heterocycles. The molecule has 3 aromatic rings. The molecule has 35 heavy (non-hydrogen) atoms. The second-order valence-electron chi connectivity index (χ2n) is 7.79. The minimum absolute atomic E-state index is 0.0782. The highest BCUT2D eigenvalue weighted by Crippen LogP contribution is 2.33. The fraction of sp³-hybridized carbons (Fsp3) is 0.286. The predicted octanol–water partition coefficient (Wildman–Crippen LogP) is 2.56. The number of aromatic nitrogens is 4. The molecule has 4 rings (SSSR count). The molecule has 0 saturated carbocycles. The van der Waals surface area contributed by atoms with Gasteiger partial charge < -0.3 is 5.32 Å². The van der Waals surface area contributed by atoms with Crippen molar-refractivity contribution in [2.75, 3.05) is 0 Å². The Labute approximate surface area is 197 Å². The molecule has 0 unspecified atom stereocenters. The van der Waals surface area contributed by atoms with Crippen molar-refractivity contribution in [3.05, 3.63) is 66.4 Å². The van der Waals surface area contributed by atoms with E-state index in [-0.39, 0.29) is 22.7 Å². The second-order valence-corrected chi connectivity index (χ2v) is 9.64. The molecule has 1 aromatic carbocycles. The third kappa shape index (κ3) is 5.12. The monoisotopic (exact) mass is 510 g/mol. The quantitative estimate of drug-likeness (QED) is 0.507. The van der Waals surface area contributed by atoms with Gasteiger partial charge >= 0.3 is 6.18 Å². The molecule has 0 bridgehead atoms. The van der Waals surface area contributed by atoms with Crippen LogP contribution in [-0.2, 0) is 27.5 Å². The molecule has 3 heterocycles.